The van der Waals surface area contributed by atoms with E-state index in [1.165, 1.54) is 11.3 Å². The molecule has 0 saturated heterocycles. The first-order valence-corrected chi connectivity index (χ1v) is 7.70. The van der Waals surface area contributed by atoms with Crippen LogP contribution >= 0.6 is 11.3 Å². The maximum atomic E-state index is 12.3. The first kappa shape index (κ1) is 14.0. The summed E-state index contributed by atoms with van der Waals surface area (Å²) in [6.07, 6.45) is 4.56. The molecular weight excluding hydrogens is 288 g/mol. The number of carbonyl (C=O) groups is 1. The molecule has 0 unspecified atom stereocenters. The van der Waals surface area contributed by atoms with Gasteiger partial charge < -0.3 is 9.84 Å². The van der Waals surface area contributed by atoms with Crippen molar-refractivity contribution in [1.29, 1.82) is 0 Å². The normalized spacial score (nSPS) is 14.0. The van der Waals surface area contributed by atoms with Crippen molar-refractivity contribution in [3.63, 3.8) is 0 Å². The van der Waals surface area contributed by atoms with Crippen molar-refractivity contribution in [2.24, 2.45) is 0 Å². The van der Waals surface area contributed by atoms with Crippen LogP contribution in [0.5, 0.6) is 5.75 Å². The fraction of sp³-hybridized carbons (Fsp3) is 0.333. The van der Waals surface area contributed by atoms with E-state index in [1.807, 2.05) is 18.2 Å². The fourth-order valence-corrected chi connectivity index (χ4v) is 2.67. The average molecular weight is 304 g/mol. The lowest BCUT2D eigenvalue weighted by molar-refractivity contribution is 0.102. The summed E-state index contributed by atoms with van der Waals surface area (Å²) in [6.45, 7) is 0.0770. The number of thiazole rings is 1. The Morgan fingerprint density at radius 3 is 3.00 bits per heavy atom. The molecule has 1 aromatic heterocycles. The van der Waals surface area contributed by atoms with Crippen LogP contribution in [0, 0.1) is 0 Å². The van der Waals surface area contributed by atoms with Crippen molar-refractivity contribution in [1.82, 2.24) is 4.98 Å². The first-order valence-electron chi connectivity index (χ1n) is 6.89. The van der Waals surface area contributed by atoms with Gasteiger partial charge in [0.2, 0.25) is 0 Å². The quantitative estimate of drug-likeness (QED) is 0.860. The van der Waals surface area contributed by atoms with Crippen LogP contribution in [0.2, 0.25) is 0 Å². The molecule has 1 heterocycles. The van der Waals surface area contributed by atoms with Crippen molar-refractivity contribution < 1.29 is 14.6 Å². The summed E-state index contributed by atoms with van der Waals surface area (Å²) in [5, 5.41) is 12.2. The van der Waals surface area contributed by atoms with Crippen LogP contribution in [-0.4, -0.2) is 28.7 Å². The van der Waals surface area contributed by atoms with Gasteiger partial charge in [-0.3, -0.25) is 10.1 Å². The molecule has 3 rings (SSSR count). The van der Waals surface area contributed by atoms with Crippen LogP contribution in [0.1, 0.15) is 28.1 Å². The molecule has 0 atom stereocenters. The molecule has 1 saturated carbocycles. The molecule has 2 aromatic rings. The molecule has 6 heteroatoms. The maximum absolute atomic E-state index is 12.3. The molecular formula is C15H16N2O3S. The fourth-order valence-electron chi connectivity index (χ4n) is 1.88. The van der Waals surface area contributed by atoms with Gasteiger partial charge in [0.15, 0.2) is 5.13 Å². The zero-order chi connectivity index (χ0) is 14.7. The number of anilines is 1. The summed E-state index contributed by atoms with van der Waals surface area (Å²) >= 11 is 1.37. The minimum Gasteiger partial charge on any atom is -0.490 e. The number of hydrogen-bond donors (Lipinski definition) is 2. The van der Waals surface area contributed by atoms with Gasteiger partial charge in [0, 0.05) is 24.1 Å². The zero-order valence-electron chi connectivity index (χ0n) is 11.4. The average Bonchev–Trinajstić information content (AvgIpc) is 3.19. The highest BCUT2D eigenvalue weighted by Gasteiger charge is 2.25. The Kier molecular flexibility index (Phi) is 4.17. The molecule has 1 fully saturated rings. The van der Waals surface area contributed by atoms with Crippen molar-refractivity contribution in [2.45, 2.75) is 25.4 Å². The van der Waals surface area contributed by atoms with Gasteiger partial charge >= 0.3 is 0 Å². The van der Waals surface area contributed by atoms with Crippen LogP contribution in [0.3, 0.4) is 0 Å². The van der Waals surface area contributed by atoms with E-state index >= 15 is 0 Å². The van der Waals surface area contributed by atoms with Crippen LogP contribution in [0.4, 0.5) is 5.13 Å². The number of aliphatic hydroxyl groups is 1. The van der Waals surface area contributed by atoms with Gasteiger partial charge in [-0.25, -0.2) is 4.98 Å². The third-order valence-electron chi connectivity index (χ3n) is 3.08. The Hall–Kier alpha value is -1.92. The van der Waals surface area contributed by atoms with E-state index in [4.69, 9.17) is 9.84 Å². The molecule has 0 spiro atoms. The van der Waals surface area contributed by atoms with Crippen molar-refractivity contribution in [3.05, 3.63) is 40.9 Å². The Morgan fingerprint density at radius 2 is 2.24 bits per heavy atom. The number of hydrogen-bond acceptors (Lipinski definition) is 5. The van der Waals surface area contributed by atoms with Crippen LogP contribution in [0.15, 0.2) is 30.5 Å². The summed E-state index contributed by atoms with van der Waals surface area (Å²) in [7, 11) is 0. The number of amides is 1. The standard InChI is InChI=1S/C15H16N2O3S/c18-8-7-11-9-16-15(21-11)17-14(19)12-3-1-2-4-13(12)20-10-5-6-10/h1-4,9-10,18H,5-8H2,(H,16,17,19). The highest BCUT2D eigenvalue weighted by molar-refractivity contribution is 7.15. The molecule has 0 bridgehead atoms. The molecule has 1 aliphatic carbocycles. The predicted octanol–water partition coefficient (Wildman–Crippen LogP) is 2.47. The van der Waals surface area contributed by atoms with Gasteiger partial charge in [0.25, 0.3) is 5.91 Å². The molecule has 21 heavy (non-hydrogen) atoms. The molecule has 2 N–H and O–H groups in total. The van der Waals surface area contributed by atoms with Gasteiger partial charge in [-0.15, -0.1) is 11.3 Å². The number of carbonyl (C=O) groups excluding carboxylic acids is 1. The van der Waals surface area contributed by atoms with Gasteiger partial charge in [0.05, 0.1) is 11.7 Å². The molecule has 110 valence electrons. The second kappa shape index (κ2) is 6.24. The predicted molar refractivity (Wildman–Crippen MR) is 80.9 cm³/mol. The number of benzene rings is 1. The number of aliphatic hydroxyl groups excluding tert-OH is 1. The molecule has 1 aromatic carbocycles. The number of nitrogens with one attached hydrogen (secondary N) is 1. The monoisotopic (exact) mass is 304 g/mol. The Balaban J connectivity index is 1.71. The Labute approximate surface area is 126 Å². The van der Waals surface area contributed by atoms with E-state index in [1.54, 1.807) is 12.3 Å². The maximum Gasteiger partial charge on any atom is 0.261 e. The number of nitrogens with zero attached hydrogens (tertiary/aromatic N) is 1. The first-order chi connectivity index (χ1) is 10.3. The Morgan fingerprint density at radius 1 is 1.43 bits per heavy atom. The number of ether oxygens (including phenoxy) is 1. The van der Waals surface area contributed by atoms with E-state index < -0.39 is 0 Å². The second-order valence-corrected chi connectivity index (χ2v) is 5.99. The molecule has 0 radical (unpaired) electrons. The molecule has 1 aliphatic rings. The van der Waals surface area contributed by atoms with E-state index in [2.05, 4.69) is 10.3 Å². The lowest BCUT2D eigenvalue weighted by Gasteiger charge is -2.09. The largest absolute Gasteiger partial charge is 0.490 e. The molecule has 5 nitrogen and oxygen atoms in total. The van der Waals surface area contributed by atoms with Crippen molar-refractivity contribution in [2.75, 3.05) is 11.9 Å². The van der Waals surface area contributed by atoms with E-state index in [9.17, 15) is 4.79 Å². The van der Waals surface area contributed by atoms with Crippen LogP contribution in [0.25, 0.3) is 0 Å². The number of rotatable bonds is 6. The highest BCUT2D eigenvalue weighted by atomic mass is 32.1. The summed E-state index contributed by atoms with van der Waals surface area (Å²) in [5.74, 6) is 0.390. The smallest absolute Gasteiger partial charge is 0.261 e. The van der Waals surface area contributed by atoms with Gasteiger partial charge in [-0.2, -0.15) is 0 Å². The lowest BCUT2D eigenvalue weighted by atomic mass is 10.2. The van der Waals surface area contributed by atoms with Crippen LogP contribution < -0.4 is 10.1 Å². The topological polar surface area (TPSA) is 71.5 Å². The number of para-hydroxylation sites is 1. The SMILES string of the molecule is O=C(Nc1ncc(CCO)s1)c1ccccc1OC1CC1. The summed E-state index contributed by atoms with van der Waals surface area (Å²) in [5.41, 5.74) is 0.517. The second-order valence-electron chi connectivity index (χ2n) is 4.87. The van der Waals surface area contributed by atoms with Crippen molar-refractivity contribution >= 4 is 22.4 Å². The minimum atomic E-state index is -0.226. The van der Waals surface area contributed by atoms with Crippen LogP contribution in [-0.2, 0) is 6.42 Å². The minimum absolute atomic E-state index is 0.0770. The van der Waals surface area contributed by atoms with Gasteiger partial charge in [-0.05, 0) is 25.0 Å². The zero-order valence-corrected chi connectivity index (χ0v) is 12.2. The van der Waals surface area contributed by atoms with Gasteiger partial charge in [-0.1, -0.05) is 12.1 Å². The molecule has 1 amide bonds. The Bertz CT molecular complexity index is 637. The van der Waals surface area contributed by atoms with Crippen molar-refractivity contribution in [3.8, 4) is 5.75 Å². The number of aromatic nitrogens is 1. The summed E-state index contributed by atoms with van der Waals surface area (Å²) < 4.78 is 5.75. The summed E-state index contributed by atoms with van der Waals surface area (Å²) in [4.78, 5) is 17.4. The summed E-state index contributed by atoms with van der Waals surface area (Å²) in [6, 6.07) is 7.23. The third-order valence-corrected chi connectivity index (χ3v) is 4.05. The highest BCUT2D eigenvalue weighted by Crippen LogP contribution is 2.29. The van der Waals surface area contributed by atoms with Gasteiger partial charge in [0.1, 0.15) is 5.75 Å². The van der Waals surface area contributed by atoms with E-state index in [-0.39, 0.29) is 18.6 Å². The van der Waals surface area contributed by atoms with E-state index in [0.717, 1.165) is 17.7 Å². The lowest BCUT2D eigenvalue weighted by Crippen LogP contribution is -2.13. The molecule has 0 aliphatic heterocycles. The third kappa shape index (κ3) is 3.59. The van der Waals surface area contributed by atoms with E-state index in [0.29, 0.717) is 22.9 Å².